The van der Waals surface area contributed by atoms with Crippen molar-refractivity contribution in [3.63, 3.8) is 0 Å². The van der Waals surface area contributed by atoms with Crippen molar-refractivity contribution in [1.29, 1.82) is 0 Å². The molecule has 5 nitrogen and oxygen atoms in total. The fourth-order valence-electron chi connectivity index (χ4n) is 2.60. The van der Waals surface area contributed by atoms with Gasteiger partial charge in [-0.25, -0.2) is 8.42 Å². The smallest absolute Gasteiger partial charge is 0.237 e. The van der Waals surface area contributed by atoms with Crippen molar-refractivity contribution in [2.24, 2.45) is 5.41 Å². The Bertz CT molecular complexity index is 621. The molecule has 122 valence electrons. The highest BCUT2D eigenvalue weighted by molar-refractivity contribution is 7.93. The average molecular weight is 324 g/mol. The Hall–Kier alpha value is -1.56. The Labute approximate surface area is 132 Å². The average Bonchev–Trinajstić information content (AvgIpc) is 2.46. The molecule has 0 aromatic heterocycles. The van der Waals surface area contributed by atoms with Gasteiger partial charge in [0.15, 0.2) is 0 Å². The second-order valence-electron chi connectivity index (χ2n) is 6.78. The number of nitrogens with zero attached hydrogens (tertiary/aromatic N) is 1. The van der Waals surface area contributed by atoms with Gasteiger partial charge in [0.05, 0.1) is 5.25 Å². The van der Waals surface area contributed by atoms with E-state index in [-0.39, 0.29) is 12.5 Å². The van der Waals surface area contributed by atoms with Gasteiger partial charge in [-0.15, -0.1) is 0 Å². The minimum atomic E-state index is -3.49. The number of benzene rings is 1. The third-order valence-electron chi connectivity index (χ3n) is 3.78. The lowest BCUT2D eigenvalue weighted by atomic mass is 9.93. The van der Waals surface area contributed by atoms with Crippen LogP contribution in [0.3, 0.4) is 0 Å². The van der Waals surface area contributed by atoms with Crippen molar-refractivity contribution in [2.45, 2.75) is 38.9 Å². The van der Waals surface area contributed by atoms with Crippen LogP contribution in [0.4, 0.5) is 5.69 Å². The highest BCUT2D eigenvalue weighted by atomic mass is 32.2. The van der Waals surface area contributed by atoms with Crippen molar-refractivity contribution in [3.05, 3.63) is 30.3 Å². The maximum Gasteiger partial charge on any atom is 0.237 e. The van der Waals surface area contributed by atoms with Crippen molar-refractivity contribution >= 4 is 21.6 Å². The molecule has 2 rings (SSSR count). The molecule has 1 amide bonds. The van der Waals surface area contributed by atoms with Crippen molar-refractivity contribution in [2.75, 3.05) is 17.8 Å². The minimum absolute atomic E-state index is 0.00658. The fraction of sp³-hybridized carbons (Fsp3) is 0.562. The van der Waals surface area contributed by atoms with E-state index in [1.54, 1.807) is 29.2 Å². The van der Waals surface area contributed by atoms with E-state index < -0.39 is 20.7 Å². The number of anilines is 1. The normalized spacial score (nSPS) is 19.8. The third kappa shape index (κ3) is 4.00. The summed E-state index contributed by atoms with van der Waals surface area (Å²) in [4.78, 5) is 14.0. The van der Waals surface area contributed by atoms with E-state index >= 15 is 0 Å². The first-order valence-corrected chi connectivity index (χ1v) is 9.11. The molecule has 1 fully saturated rings. The summed E-state index contributed by atoms with van der Waals surface area (Å²) in [6.45, 7) is 6.47. The summed E-state index contributed by atoms with van der Waals surface area (Å²) in [7, 11) is -3.49. The number of piperidine rings is 1. The SMILES string of the molecule is CC(C)(C)C(=O)N1CCCC(S(=O)(=O)Nc2ccccc2)C1. The number of para-hydroxylation sites is 1. The molecule has 1 aromatic rings. The molecule has 1 N–H and O–H groups in total. The number of amides is 1. The van der Waals surface area contributed by atoms with Gasteiger partial charge in [-0.05, 0) is 25.0 Å². The Kier molecular flexibility index (Phi) is 4.80. The number of sulfonamides is 1. The number of carbonyl (C=O) groups is 1. The molecule has 1 aliphatic heterocycles. The molecular formula is C16H24N2O3S. The van der Waals surface area contributed by atoms with Gasteiger partial charge in [0, 0.05) is 24.2 Å². The Balaban J connectivity index is 2.10. The molecule has 0 spiro atoms. The van der Waals surface area contributed by atoms with E-state index in [1.165, 1.54) is 0 Å². The predicted molar refractivity (Wildman–Crippen MR) is 88.0 cm³/mol. The van der Waals surface area contributed by atoms with E-state index in [2.05, 4.69) is 4.72 Å². The van der Waals surface area contributed by atoms with Gasteiger partial charge < -0.3 is 4.90 Å². The van der Waals surface area contributed by atoms with Gasteiger partial charge >= 0.3 is 0 Å². The molecule has 1 unspecified atom stereocenters. The lowest BCUT2D eigenvalue weighted by Crippen LogP contribution is -2.49. The van der Waals surface area contributed by atoms with Gasteiger partial charge in [0.25, 0.3) is 0 Å². The van der Waals surface area contributed by atoms with E-state index in [0.717, 1.165) is 0 Å². The predicted octanol–water partition coefficient (Wildman–Crippen LogP) is 2.47. The molecule has 1 aromatic carbocycles. The molecule has 6 heteroatoms. The zero-order chi connectivity index (χ0) is 16.4. The van der Waals surface area contributed by atoms with E-state index in [4.69, 9.17) is 0 Å². The summed E-state index contributed by atoms with van der Waals surface area (Å²) >= 11 is 0. The zero-order valence-corrected chi connectivity index (χ0v) is 14.2. The first-order valence-electron chi connectivity index (χ1n) is 7.56. The number of rotatable bonds is 3. The van der Waals surface area contributed by atoms with Crippen LogP contribution in [0.5, 0.6) is 0 Å². The molecule has 0 bridgehead atoms. The molecule has 0 radical (unpaired) electrons. The maximum absolute atomic E-state index is 12.5. The number of hydrogen-bond donors (Lipinski definition) is 1. The Morgan fingerprint density at radius 3 is 2.45 bits per heavy atom. The first kappa shape index (κ1) is 16.8. The van der Waals surface area contributed by atoms with Crippen LogP contribution in [-0.2, 0) is 14.8 Å². The van der Waals surface area contributed by atoms with E-state index in [1.807, 2.05) is 26.8 Å². The Morgan fingerprint density at radius 1 is 1.23 bits per heavy atom. The molecule has 1 heterocycles. The van der Waals surface area contributed by atoms with E-state index in [9.17, 15) is 13.2 Å². The van der Waals surface area contributed by atoms with Gasteiger partial charge in [0.2, 0.25) is 15.9 Å². The molecule has 1 atom stereocenters. The topological polar surface area (TPSA) is 66.5 Å². The van der Waals surface area contributed by atoms with Gasteiger partial charge in [-0.2, -0.15) is 0 Å². The van der Waals surface area contributed by atoms with Gasteiger partial charge in [-0.3, -0.25) is 9.52 Å². The van der Waals surface area contributed by atoms with Crippen molar-refractivity contribution in [3.8, 4) is 0 Å². The summed E-state index contributed by atoms with van der Waals surface area (Å²) in [5.41, 5.74) is 0.0696. The first-order chi connectivity index (χ1) is 10.2. The number of likely N-dealkylation sites (tertiary alicyclic amines) is 1. The summed E-state index contributed by atoms with van der Waals surface area (Å²) in [5, 5.41) is -0.562. The lowest BCUT2D eigenvalue weighted by Gasteiger charge is -2.36. The van der Waals surface area contributed by atoms with Crippen LogP contribution in [-0.4, -0.2) is 37.6 Å². The van der Waals surface area contributed by atoms with Crippen LogP contribution in [0.1, 0.15) is 33.6 Å². The van der Waals surface area contributed by atoms with Crippen LogP contribution < -0.4 is 4.72 Å². The maximum atomic E-state index is 12.5. The second-order valence-corrected chi connectivity index (χ2v) is 8.74. The minimum Gasteiger partial charge on any atom is -0.341 e. The second kappa shape index (κ2) is 6.28. The number of hydrogen-bond acceptors (Lipinski definition) is 3. The number of carbonyl (C=O) groups excluding carboxylic acids is 1. The standard InChI is InChI=1S/C16H24N2O3S/c1-16(2,3)15(19)18-11-7-10-14(12-18)22(20,21)17-13-8-5-4-6-9-13/h4-6,8-9,14,17H,7,10-12H2,1-3H3. The van der Waals surface area contributed by atoms with Gasteiger partial charge in [-0.1, -0.05) is 39.0 Å². The van der Waals surface area contributed by atoms with Crippen LogP contribution in [0.25, 0.3) is 0 Å². The summed E-state index contributed by atoms with van der Waals surface area (Å²) in [6, 6.07) is 8.85. The van der Waals surface area contributed by atoms with Crippen LogP contribution in [0, 0.1) is 5.41 Å². The molecule has 1 aliphatic rings. The van der Waals surface area contributed by atoms with Crippen LogP contribution in [0.2, 0.25) is 0 Å². The number of nitrogens with one attached hydrogen (secondary N) is 1. The summed E-state index contributed by atoms with van der Waals surface area (Å²) in [5.74, 6) is 0.00658. The molecule has 0 aliphatic carbocycles. The summed E-state index contributed by atoms with van der Waals surface area (Å²) < 4.78 is 27.7. The van der Waals surface area contributed by atoms with Gasteiger partial charge in [0.1, 0.15) is 0 Å². The fourth-order valence-corrected chi connectivity index (χ4v) is 4.09. The Morgan fingerprint density at radius 2 is 1.86 bits per heavy atom. The van der Waals surface area contributed by atoms with Crippen molar-refractivity contribution < 1.29 is 13.2 Å². The monoisotopic (exact) mass is 324 g/mol. The van der Waals surface area contributed by atoms with Crippen LogP contribution >= 0.6 is 0 Å². The molecule has 0 saturated carbocycles. The molecule has 22 heavy (non-hydrogen) atoms. The lowest BCUT2D eigenvalue weighted by molar-refractivity contribution is -0.140. The highest BCUT2D eigenvalue weighted by Crippen LogP contribution is 2.24. The highest BCUT2D eigenvalue weighted by Gasteiger charge is 2.36. The molecular weight excluding hydrogens is 300 g/mol. The van der Waals surface area contributed by atoms with Crippen LogP contribution in [0.15, 0.2) is 30.3 Å². The largest absolute Gasteiger partial charge is 0.341 e. The van der Waals surface area contributed by atoms with E-state index in [0.29, 0.717) is 25.1 Å². The zero-order valence-electron chi connectivity index (χ0n) is 13.4. The summed E-state index contributed by atoms with van der Waals surface area (Å²) in [6.07, 6.45) is 1.29. The quantitative estimate of drug-likeness (QED) is 0.929. The molecule has 1 saturated heterocycles. The third-order valence-corrected chi connectivity index (χ3v) is 5.56. The van der Waals surface area contributed by atoms with Crippen molar-refractivity contribution in [1.82, 2.24) is 4.90 Å².